The molecule has 104 valence electrons. The number of carboxylic acids is 1. The SMILES string of the molecule is Cc1ccc(C2=NC(=O)C3C(C(=O)O)=CC=CC3=N2)cc1. The molecule has 1 aliphatic heterocycles. The molecule has 1 atom stereocenters. The number of carbonyl (C=O) groups is 2. The predicted octanol–water partition coefficient (Wildman–Crippen LogP) is 1.92. The van der Waals surface area contributed by atoms with Crippen molar-refractivity contribution in [1.29, 1.82) is 0 Å². The van der Waals surface area contributed by atoms with Crippen molar-refractivity contribution in [1.82, 2.24) is 0 Å². The van der Waals surface area contributed by atoms with Gasteiger partial charge in [-0.1, -0.05) is 42.0 Å². The summed E-state index contributed by atoms with van der Waals surface area (Å²) in [6.07, 6.45) is 4.65. The van der Waals surface area contributed by atoms with E-state index < -0.39 is 17.8 Å². The van der Waals surface area contributed by atoms with Gasteiger partial charge in [-0.2, -0.15) is 4.99 Å². The van der Waals surface area contributed by atoms with Crippen molar-refractivity contribution in [3.63, 3.8) is 0 Å². The zero-order valence-electron chi connectivity index (χ0n) is 11.3. The first-order chi connectivity index (χ1) is 10.1. The molecule has 5 heteroatoms. The highest BCUT2D eigenvalue weighted by atomic mass is 16.4. The molecule has 0 spiro atoms. The summed E-state index contributed by atoms with van der Waals surface area (Å²) in [7, 11) is 0. The number of carboxylic acid groups (broad SMARTS) is 1. The van der Waals surface area contributed by atoms with E-state index in [-0.39, 0.29) is 5.57 Å². The Balaban J connectivity index is 2.02. The average molecular weight is 280 g/mol. The van der Waals surface area contributed by atoms with Crippen molar-refractivity contribution in [2.45, 2.75) is 6.92 Å². The second-order valence-corrected chi connectivity index (χ2v) is 4.90. The molecule has 1 aliphatic carbocycles. The van der Waals surface area contributed by atoms with E-state index in [1.807, 2.05) is 31.2 Å². The van der Waals surface area contributed by atoms with Crippen molar-refractivity contribution < 1.29 is 14.7 Å². The van der Waals surface area contributed by atoms with Crippen LogP contribution in [0.5, 0.6) is 0 Å². The van der Waals surface area contributed by atoms with E-state index in [0.717, 1.165) is 11.1 Å². The predicted molar refractivity (Wildman–Crippen MR) is 78.5 cm³/mol. The Kier molecular flexibility index (Phi) is 3.10. The number of aliphatic imine (C=N–C) groups is 2. The lowest BCUT2D eigenvalue weighted by Gasteiger charge is -2.21. The number of aryl methyl sites for hydroxylation is 1. The summed E-state index contributed by atoms with van der Waals surface area (Å²) >= 11 is 0. The van der Waals surface area contributed by atoms with Crippen LogP contribution in [0, 0.1) is 12.8 Å². The summed E-state index contributed by atoms with van der Waals surface area (Å²) in [4.78, 5) is 31.7. The van der Waals surface area contributed by atoms with Gasteiger partial charge in [0.1, 0.15) is 5.92 Å². The number of hydrogen-bond acceptors (Lipinski definition) is 3. The molecule has 21 heavy (non-hydrogen) atoms. The molecule has 1 N–H and O–H groups in total. The quantitative estimate of drug-likeness (QED) is 0.898. The summed E-state index contributed by atoms with van der Waals surface area (Å²) in [5.74, 6) is -2.20. The molecule has 5 nitrogen and oxygen atoms in total. The van der Waals surface area contributed by atoms with Crippen molar-refractivity contribution in [2.24, 2.45) is 15.9 Å². The molecular weight excluding hydrogens is 268 g/mol. The second kappa shape index (κ2) is 4.94. The number of aliphatic carboxylic acids is 1. The van der Waals surface area contributed by atoms with Gasteiger partial charge in [-0.25, -0.2) is 9.79 Å². The van der Waals surface area contributed by atoms with Gasteiger partial charge in [0.05, 0.1) is 11.3 Å². The lowest BCUT2D eigenvalue weighted by Crippen LogP contribution is -2.33. The van der Waals surface area contributed by atoms with E-state index in [2.05, 4.69) is 9.98 Å². The third-order valence-electron chi connectivity index (χ3n) is 3.40. The van der Waals surface area contributed by atoms with Crippen LogP contribution in [-0.2, 0) is 9.59 Å². The van der Waals surface area contributed by atoms with Crippen LogP contribution >= 0.6 is 0 Å². The largest absolute Gasteiger partial charge is 0.478 e. The van der Waals surface area contributed by atoms with Gasteiger partial charge in [-0.15, -0.1) is 0 Å². The summed E-state index contributed by atoms with van der Waals surface area (Å²) in [6, 6.07) is 7.50. The normalized spacial score (nSPS) is 20.3. The fourth-order valence-corrected chi connectivity index (χ4v) is 2.31. The molecule has 0 fully saturated rings. The first-order valence-electron chi connectivity index (χ1n) is 6.46. The third kappa shape index (κ3) is 2.33. The van der Waals surface area contributed by atoms with Gasteiger partial charge in [0.2, 0.25) is 0 Å². The summed E-state index contributed by atoms with van der Waals surface area (Å²) in [5, 5.41) is 9.15. The van der Waals surface area contributed by atoms with E-state index in [1.165, 1.54) is 6.08 Å². The Morgan fingerprint density at radius 2 is 1.90 bits per heavy atom. The monoisotopic (exact) mass is 280 g/mol. The number of amidine groups is 1. The van der Waals surface area contributed by atoms with Gasteiger partial charge in [0.15, 0.2) is 5.84 Å². The molecule has 1 aromatic rings. The molecule has 0 aromatic heterocycles. The molecule has 1 unspecified atom stereocenters. The Hall–Kier alpha value is -2.82. The van der Waals surface area contributed by atoms with Crippen LogP contribution in [-0.4, -0.2) is 28.5 Å². The van der Waals surface area contributed by atoms with E-state index in [1.54, 1.807) is 12.2 Å². The second-order valence-electron chi connectivity index (χ2n) is 4.90. The minimum atomic E-state index is -1.13. The molecule has 1 amide bonds. The maximum Gasteiger partial charge on any atom is 0.332 e. The van der Waals surface area contributed by atoms with Crippen LogP contribution in [0.3, 0.4) is 0 Å². The highest BCUT2D eigenvalue weighted by Gasteiger charge is 2.35. The lowest BCUT2D eigenvalue weighted by molar-refractivity contribution is -0.134. The minimum Gasteiger partial charge on any atom is -0.478 e. The Morgan fingerprint density at radius 1 is 1.19 bits per heavy atom. The number of hydrogen-bond donors (Lipinski definition) is 1. The van der Waals surface area contributed by atoms with Crippen LogP contribution in [0.2, 0.25) is 0 Å². The van der Waals surface area contributed by atoms with Crippen molar-refractivity contribution in [3.8, 4) is 0 Å². The molecule has 0 radical (unpaired) electrons. The lowest BCUT2D eigenvalue weighted by atomic mass is 9.88. The molecule has 0 bridgehead atoms. The molecule has 0 saturated carbocycles. The van der Waals surface area contributed by atoms with E-state index >= 15 is 0 Å². The zero-order chi connectivity index (χ0) is 15.0. The van der Waals surface area contributed by atoms with Crippen LogP contribution in [0.15, 0.2) is 58.1 Å². The number of nitrogens with zero attached hydrogens (tertiary/aromatic N) is 2. The van der Waals surface area contributed by atoms with E-state index in [0.29, 0.717) is 11.5 Å². The first-order valence-corrected chi connectivity index (χ1v) is 6.46. The number of amides is 1. The standard InChI is InChI=1S/C16H12N2O3/c1-9-5-7-10(8-6-9)14-17-12-4-2-3-11(16(20)21)13(12)15(19)18-14/h2-8,13H,1H3,(H,20,21). The fourth-order valence-electron chi connectivity index (χ4n) is 2.31. The Bertz CT molecular complexity index is 752. The zero-order valence-corrected chi connectivity index (χ0v) is 11.3. The summed E-state index contributed by atoms with van der Waals surface area (Å²) < 4.78 is 0. The van der Waals surface area contributed by atoms with Gasteiger partial charge in [-0.05, 0) is 13.0 Å². The van der Waals surface area contributed by atoms with Gasteiger partial charge in [-0.3, -0.25) is 4.79 Å². The van der Waals surface area contributed by atoms with Gasteiger partial charge in [0.25, 0.3) is 5.91 Å². The van der Waals surface area contributed by atoms with Crippen LogP contribution in [0.4, 0.5) is 0 Å². The summed E-state index contributed by atoms with van der Waals surface area (Å²) in [5.41, 5.74) is 2.26. The number of rotatable bonds is 2. The van der Waals surface area contributed by atoms with Gasteiger partial charge < -0.3 is 5.11 Å². The number of allylic oxidation sites excluding steroid dienone is 3. The van der Waals surface area contributed by atoms with Crippen LogP contribution in [0.1, 0.15) is 11.1 Å². The van der Waals surface area contributed by atoms with Gasteiger partial charge in [0, 0.05) is 5.56 Å². The summed E-state index contributed by atoms with van der Waals surface area (Å²) in [6.45, 7) is 1.97. The van der Waals surface area contributed by atoms with Crippen LogP contribution < -0.4 is 0 Å². The number of fused-ring (bicyclic) bond motifs is 1. The Morgan fingerprint density at radius 3 is 2.57 bits per heavy atom. The van der Waals surface area contributed by atoms with Crippen LogP contribution in [0.25, 0.3) is 0 Å². The average Bonchev–Trinajstić information content (AvgIpc) is 2.47. The molecule has 0 saturated heterocycles. The highest BCUT2D eigenvalue weighted by molar-refractivity contribution is 6.27. The molecule has 1 aromatic carbocycles. The molecule has 2 aliphatic rings. The van der Waals surface area contributed by atoms with E-state index in [4.69, 9.17) is 5.11 Å². The fraction of sp³-hybridized carbons (Fsp3) is 0.125. The smallest absolute Gasteiger partial charge is 0.332 e. The third-order valence-corrected chi connectivity index (χ3v) is 3.40. The topological polar surface area (TPSA) is 79.1 Å². The highest BCUT2D eigenvalue weighted by Crippen LogP contribution is 2.25. The van der Waals surface area contributed by atoms with Crippen molar-refractivity contribution >= 4 is 23.4 Å². The molecule has 1 heterocycles. The number of carbonyl (C=O) groups excluding carboxylic acids is 1. The first kappa shape index (κ1) is 13.2. The minimum absolute atomic E-state index is 0.00737. The molecular formula is C16H12N2O3. The number of benzene rings is 1. The van der Waals surface area contributed by atoms with Gasteiger partial charge >= 0.3 is 5.97 Å². The van der Waals surface area contributed by atoms with E-state index in [9.17, 15) is 9.59 Å². The maximum atomic E-state index is 12.2. The Labute approximate surface area is 121 Å². The van der Waals surface area contributed by atoms with Crippen molar-refractivity contribution in [3.05, 3.63) is 59.2 Å². The van der Waals surface area contributed by atoms with Crippen molar-refractivity contribution in [2.75, 3.05) is 0 Å². The molecule has 3 rings (SSSR count). The maximum absolute atomic E-state index is 12.2.